The molecule has 1 amide bonds. The molecule has 2 aromatic carbocycles. The van der Waals surface area contributed by atoms with Gasteiger partial charge in [-0.1, -0.05) is 28.1 Å². The molecule has 0 aliphatic carbocycles. The molecule has 3 nitrogen and oxygen atoms in total. The lowest BCUT2D eigenvalue weighted by Crippen LogP contribution is -2.03. The second kappa shape index (κ2) is 5.00. The minimum Gasteiger partial charge on any atom is -0.384 e. The van der Waals surface area contributed by atoms with Crippen molar-refractivity contribution in [3.05, 3.63) is 63.4 Å². The molecule has 5 heteroatoms. The topological polar surface area (TPSA) is 49.3 Å². The smallest absolute Gasteiger partial charge is 0.228 e. The normalized spacial score (nSPS) is 14.8. The lowest BCUT2D eigenvalue weighted by molar-refractivity contribution is -0.115. The molecule has 0 bridgehead atoms. The number of hydrogen-bond acceptors (Lipinski definition) is 2. The molecule has 0 radical (unpaired) electrons. The van der Waals surface area contributed by atoms with Gasteiger partial charge in [-0.3, -0.25) is 4.79 Å². The maximum atomic E-state index is 13.4. The molecule has 0 saturated heterocycles. The molecule has 0 aromatic heterocycles. The van der Waals surface area contributed by atoms with E-state index in [0.717, 1.165) is 11.3 Å². The molecular formula is C15H11BrFNO2. The molecule has 0 spiro atoms. The number of fused-ring (bicyclic) bond motifs is 1. The third-order valence-electron chi connectivity index (χ3n) is 3.27. The summed E-state index contributed by atoms with van der Waals surface area (Å²) in [5, 5.41) is 13.1. The van der Waals surface area contributed by atoms with Gasteiger partial charge in [-0.2, -0.15) is 0 Å². The van der Waals surface area contributed by atoms with E-state index < -0.39 is 11.9 Å². The summed E-state index contributed by atoms with van der Waals surface area (Å²) in [7, 11) is 0. The third kappa shape index (κ3) is 2.46. The maximum Gasteiger partial charge on any atom is 0.228 e. The number of aliphatic hydroxyl groups excluding tert-OH is 1. The molecule has 2 N–H and O–H groups in total. The molecule has 20 heavy (non-hydrogen) atoms. The van der Waals surface area contributed by atoms with E-state index in [-0.39, 0.29) is 5.91 Å². The fourth-order valence-electron chi connectivity index (χ4n) is 2.34. The van der Waals surface area contributed by atoms with Crippen LogP contribution < -0.4 is 5.32 Å². The van der Waals surface area contributed by atoms with Gasteiger partial charge in [0.1, 0.15) is 11.9 Å². The van der Waals surface area contributed by atoms with Crippen LogP contribution in [0.2, 0.25) is 0 Å². The van der Waals surface area contributed by atoms with Crippen molar-refractivity contribution in [3.8, 4) is 0 Å². The van der Waals surface area contributed by atoms with Crippen molar-refractivity contribution in [1.82, 2.24) is 0 Å². The molecule has 2 aromatic rings. The summed E-state index contributed by atoms with van der Waals surface area (Å²) in [6, 6.07) is 9.57. The number of nitrogens with one attached hydrogen (secondary N) is 1. The Balaban J connectivity index is 1.97. The summed E-state index contributed by atoms with van der Waals surface area (Å²) in [6.45, 7) is 0. The van der Waals surface area contributed by atoms with E-state index >= 15 is 0 Å². The Labute approximate surface area is 123 Å². The van der Waals surface area contributed by atoms with Crippen molar-refractivity contribution in [3.63, 3.8) is 0 Å². The molecule has 102 valence electrons. The average Bonchev–Trinajstić information content (AvgIpc) is 2.75. The minimum absolute atomic E-state index is 0.0554. The van der Waals surface area contributed by atoms with Gasteiger partial charge in [0, 0.05) is 10.2 Å². The number of benzene rings is 2. The lowest BCUT2D eigenvalue weighted by Gasteiger charge is -2.13. The predicted octanol–water partition coefficient (Wildman–Crippen LogP) is 3.16. The minimum atomic E-state index is -0.928. The zero-order valence-corrected chi connectivity index (χ0v) is 11.9. The molecule has 3 rings (SSSR count). The van der Waals surface area contributed by atoms with E-state index in [1.54, 1.807) is 24.3 Å². The van der Waals surface area contributed by atoms with Gasteiger partial charge in [-0.25, -0.2) is 4.39 Å². The molecule has 1 unspecified atom stereocenters. The van der Waals surface area contributed by atoms with Gasteiger partial charge in [-0.15, -0.1) is 0 Å². The monoisotopic (exact) mass is 335 g/mol. The van der Waals surface area contributed by atoms with Crippen LogP contribution in [0.3, 0.4) is 0 Å². The number of carbonyl (C=O) groups excluding carboxylic acids is 1. The third-order valence-corrected chi connectivity index (χ3v) is 3.73. The van der Waals surface area contributed by atoms with Crippen molar-refractivity contribution >= 4 is 27.5 Å². The van der Waals surface area contributed by atoms with Gasteiger partial charge in [0.15, 0.2) is 0 Å². The quantitative estimate of drug-likeness (QED) is 0.885. The van der Waals surface area contributed by atoms with Crippen LogP contribution in [-0.4, -0.2) is 11.0 Å². The first kappa shape index (κ1) is 13.3. The molecule has 1 heterocycles. The summed E-state index contributed by atoms with van der Waals surface area (Å²) < 4.78 is 14.0. The van der Waals surface area contributed by atoms with Crippen LogP contribution in [0.25, 0.3) is 0 Å². The zero-order chi connectivity index (χ0) is 14.3. The Morgan fingerprint density at radius 1 is 1.20 bits per heavy atom. The van der Waals surface area contributed by atoms with Crippen molar-refractivity contribution in [2.45, 2.75) is 12.5 Å². The first-order chi connectivity index (χ1) is 9.52. The van der Waals surface area contributed by atoms with Crippen molar-refractivity contribution in [2.24, 2.45) is 0 Å². The molecule has 1 atom stereocenters. The Kier molecular flexibility index (Phi) is 3.31. The number of hydrogen-bond donors (Lipinski definition) is 2. The second-order valence-corrected chi connectivity index (χ2v) is 5.66. The van der Waals surface area contributed by atoms with Crippen LogP contribution >= 0.6 is 15.9 Å². The van der Waals surface area contributed by atoms with Crippen LogP contribution in [0, 0.1) is 5.82 Å². The van der Waals surface area contributed by atoms with Gasteiger partial charge in [0.2, 0.25) is 5.91 Å². The van der Waals surface area contributed by atoms with Crippen LogP contribution in [0.1, 0.15) is 22.8 Å². The number of anilines is 1. The Hall–Kier alpha value is -1.72. The fourth-order valence-corrected chi connectivity index (χ4v) is 2.83. The number of carbonyl (C=O) groups is 1. The van der Waals surface area contributed by atoms with Crippen LogP contribution in [0.4, 0.5) is 10.1 Å². The largest absolute Gasteiger partial charge is 0.384 e. The van der Waals surface area contributed by atoms with Gasteiger partial charge in [-0.05, 0) is 41.0 Å². The van der Waals surface area contributed by atoms with Crippen molar-refractivity contribution < 1.29 is 14.3 Å². The second-order valence-electron chi connectivity index (χ2n) is 4.75. The number of rotatable bonds is 2. The first-order valence-corrected chi connectivity index (χ1v) is 6.89. The van der Waals surface area contributed by atoms with Gasteiger partial charge < -0.3 is 10.4 Å². The molecule has 0 saturated carbocycles. The van der Waals surface area contributed by atoms with Gasteiger partial charge in [0.05, 0.1) is 6.42 Å². The molecule has 1 aliphatic heterocycles. The summed E-state index contributed by atoms with van der Waals surface area (Å²) >= 11 is 3.21. The van der Waals surface area contributed by atoms with Crippen LogP contribution in [-0.2, 0) is 11.2 Å². The Morgan fingerprint density at radius 2 is 2.00 bits per heavy atom. The van der Waals surface area contributed by atoms with Gasteiger partial charge in [0.25, 0.3) is 0 Å². The summed E-state index contributed by atoms with van der Waals surface area (Å²) in [6.07, 6.45) is -0.620. The molecule has 1 aliphatic rings. The molecular weight excluding hydrogens is 325 g/mol. The van der Waals surface area contributed by atoms with E-state index in [1.165, 1.54) is 12.1 Å². The van der Waals surface area contributed by atoms with E-state index in [4.69, 9.17) is 0 Å². The van der Waals surface area contributed by atoms with E-state index in [1.807, 2.05) is 0 Å². The Bertz CT molecular complexity index is 682. The van der Waals surface area contributed by atoms with E-state index in [0.29, 0.717) is 22.0 Å². The number of halogens is 2. The van der Waals surface area contributed by atoms with Crippen LogP contribution in [0.15, 0.2) is 40.9 Å². The summed E-state index contributed by atoms with van der Waals surface area (Å²) in [5.74, 6) is -0.466. The van der Waals surface area contributed by atoms with Crippen molar-refractivity contribution in [1.29, 1.82) is 0 Å². The van der Waals surface area contributed by atoms with Gasteiger partial charge >= 0.3 is 0 Å². The van der Waals surface area contributed by atoms with E-state index in [9.17, 15) is 14.3 Å². The highest BCUT2D eigenvalue weighted by Crippen LogP contribution is 2.30. The summed E-state index contributed by atoms with van der Waals surface area (Å²) in [4.78, 5) is 11.3. The zero-order valence-electron chi connectivity index (χ0n) is 10.4. The van der Waals surface area contributed by atoms with Crippen LogP contribution in [0.5, 0.6) is 0 Å². The van der Waals surface area contributed by atoms with E-state index in [2.05, 4.69) is 21.2 Å². The Morgan fingerprint density at radius 3 is 2.75 bits per heavy atom. The highest BCUT2D eigenvalue weighted by molar-refractivity contribution is 9.10. The SMILES string of the molecule is O=C1Cc2cc(C(O)c3cc(F)cc(Br)c3)ccc2N1. The lowest BCUT2D eigenvalue weighted by atomic mass is 9.99. The number of amides is 1. The fraction of sp³-hybridized carbons (Fsp3) is 0.133. The maximum absolute atomic E-state index is 13.4. The standard InChI is InChI=1S/C15H11BrFNO2/c16-11-4-10(5-12(17)7-11)15(20)8-1-2-13-9(3-8)6-14(19)18-13/h1-5,7,15,20H,6H2,(H,18,19). The highest BCUT2D eigenvalue weighted by atomic mass is 79.9. The first-order valence-electron chi connectivity index (χ1n) is 6.09. The highest BCUT2D eigenvalue weighted by Gasteiger charge is 2.20. The predicted molar refractivity (Wildman–Crippen MR) is 76.9 cm³/mol. The summed E-state index contributed by atoms with van der Waals surface area (Å²) in [5.41, 5.74) is 2.72. The van der Waals surface area contributed by atoms with Crippen molar-refractivity contribution in [2.75, 3.05) is 5.32 Å². The number of aliphatic hydroxyl groups is 1. The average molecular weight is 336 g/mol. The molecule has 0 fully saturated rings.